The summed E-state index contributed by atoms with van der Waals surface area (Å²) in [6.45, 7) is 5.21. The van der Waals surface area contributed by atoms with Crippen LogP contribution in [0.2, 0.25) is 0 Å². The van der Waals surface area contributed by atoms with E-state index < -0.39 is 6.04 Å². The zero-order valence-corrected chi connectivity index (χ0v) is 10.3. The Morgan fingerprint density at radius 3 is 2.81 bits per heavy atom. The molecule has 0 aromatic rings. The van der Waals surface area contributed by atoms with Gasteiger partial charge < -0.3 is 15.2 Å². The Morgan fingerprint density at radius 2 is 2.25 bits per heavy atom. The highest BCUT2D eigenvalue weighted by Gasteiger charge is 2.20. The van der Waals surface area contributed by atoms with Crippen LogP contribution in [0.3, 0.4) is 0 Å². The van der Waals surface area contributed by atoms with E-state index in [0.29, 0.717) is 18.9 Å². The van der Waals surface area contributed by atoms with E-state index in [4.69, 9.17) is 15.2 Å². The smallest absolute Gasteiger partial charge is 0.323 e. The van der Waals surface area contributed by atoms with E-state index in [1.807, 2.05) is 13.8 Å². The average Bonchev–Trinajstić information content (AvgIpc) is 2.26. The largest absolute Gasteiger partial charge is 0.462 e. The summed E-state index contributed by atoms with van der Waals surface area (Å²) in [5.41, 5.74) is 5.72. The highest BCUT2D eigenvalue weighted by atomic mass is 16.6. The summed E-state index contributed by atoms with van der Waals surface area (Å²) in [4.78, 5) is 11.5. The number of nitrogens with two attached hydrogens (primary N) is 1. The van der Waals surface area contributed by atoms with Gasteiger partial charge in [0, 0.05) is 6.61 Å². The number of carbonyl (C=O) groups is 1. The molecule has 2 atom stereocenters. The van der Waals surface area contributed by atoms with Crippen LogP contribution in [0.4, 0.5) is 0 Å². The third kappa shape index (κ3) is 4.94. The average molecular weight is 229 g/mol. The van der Waals surface area contributed by atoms with Gasteiger partial charge in [0.25, 0.3) is 0 Å². The minimum absolute atomic E-state index is 0.0731. The molecule has 0 aromatic carbocycles. The molecule has 1 saturated heterocycles. The lowest BCUT2D eigenvalue weighted by atomic mass is 10.0. The predicted molar refractivity (Wildman–Crippen MR) is 62.0 cm³/mol. The Morgan fingerprint density at radius 1 is 1.50 bits per heavy atom. The van der Waals surface area contributed by atoms with Gasteiger partial charge in [0.15, 0.2) is 0 Å². The molecule has 0 bridgehead atoms. The number of ether oxygens (including phenoxy) is 2. The highest BCUT2D eigenvalue weighted by Crippen LogP contribution is 2.13. The van der Waals surface area contributed by atoms with Crippen molar-refractivity contribution in [3.05, 3.63) is 0 Å². The van der Waals surface area contributed by atoms with Gasteiger partial charge in [-0.15, -0.1) is 0 Å². The van der Waals surface area contributed by atoms with Crippen LogP contribution in [-0.4, -0.2) is 31.3 Å². The van der Waals surface area contributed by atoms with Crippen molar-refractivity contribution in [1.29, 1.82) is 0 Å². The van der Waals surface area contributed by atoms with E-state index in [9.17, 15) is 4.79 Å². The van der Waals surface area contributed by atoms with Crippen molar-refractivity contribution in [2.75, 3.05) is 13.2 Å². The molecule has 1 fully saturated rings. The molecule has 16 heavy (non-hydrogen) atoms. The van der Waals surface area contributed by atoms with Crippen LogP contribution in [0.25, 0.3) is 0 Å². The van der Waals surface area contributed by atoms with Crippen molar-refractivity contribution >= 4 is 5.97 Å². The molecule has 4 nitrogen and oxygen atoms in total. The van der Waals surface area contributed by atoms with Crippen molar-refractivity contribution in [1.82, 2.24) is 0 Å². The summed E-state index contributed by atoms with van der Waals surface area (Å²) < 4.78 is 10.6. The molecule has 94 valence electrons. The van der Waals surface area contributed by atoms with Crippen LogP contribution in [0.15, 0.2) is 0 Å². The van der Waals surface area contributed by atoms with E-state index in [0.717, 1.165) is 25.9 Å². The lowest BCUT2D eigenvalue weighted by Crippen LogP contribution is -2.36. The summed E-state index contributed by atoms with van der Waals surface area (Å²) in [5.74, 6) is 0.108. The minimum Gasteiger partial charge on any atom is -0.462 e. The molecule has 0 radical (unpaired) electrons. The number of esters is 1. The molecule has 1 aliphatic heterocycles. The molecule has 1 heterocycles. The van der Waals surface area contributed by atoms with Crippen LogP contribution in [0.1, 0.15) is 39.5 Å². The first-order valence-electron chi connectivity index (χ1n) is 6.13. The third-order valence-corrected chi connectivity index (χ3v) is 2.71. The Hall–Kier alpha value is -0.610. The monoisotopic (exact) mass is 229 g/mol. The van der Waals surface area contributed by atoms with Gasteiger partial charge >= 0.3 is 5.97 Å². The molecule has 0 amide bonds. The zero-order valence-electron chi connectivity index (χ0n) is 10.3. The fourth-order valence-corrected chi connectivity index (χ4v) is 1.83. The van der Waals surface area contributed by atoms with Crippen LogP contribution in [0.5, 0.6) is 0 Å². The molecule has 0 spiro atoms. The molecule has 2 unspecified atom stereocenters. The second kappa shape index (κ2) is 6.86. The quantitative estimate of drug-likeness (QED) is 0.725. The van der Waals surface area contributed by atoms with E-state index >= 15 is 0 Å². The van der Waals surface area contributed by atoms with Gasteiger partial charge in [0.05, 0.1) is 6.10 Å². The van der Waals surface area contributed by atoms with E-state index in [2.05, 4.69) is 0 Å². The first-order chi connectivity index (χ1) is 7.59. The first-order valence-corrected chi connectivity index (χ1v) is 6.13. The summed E-state index contributed by atoms with van der Waals surface area (Å²) in [7, 11) is 0. The van der Waals surface area contributed by atoms with Crippen LogP contribution in [-0.2, 0) is 14.3 Å². The molecule has 0 saturated carbocycles. The fourth-order valence-electron chi connectivity index (χ4n) is 1.83. The van der Waals surface area contributed by atoms with Crippen LogP contribution < -0.4 is 5.73 Å². The number of hydrogen-bond acceptors (Lipinski definition) is 4. The maximum Gasteiger partial charge on any atom is 0.323 e. The second-order valence-electron chi connectivity index (χ2n) is 4.85. The van der Waals surface area contributed by atoms with E-state index in [-0.39, 0.29) is 12.1 Å². The molecule has 1 rings (SSSR count). The van der Waals surface area contributed by atoms with Gasteiger partial charge in [-0.1, -0.05) is 13.8 Å². The Labute approximate surface area is 97.5 Å². The van der Waals surface area contributed by atoms with Gasteiger partial charge in [-0.25, -0.2) is 0 Å². The molecule has 1 aliphatic rings. The van der Waals surface area contributed by atoms with E-state index in [1.165, 1.54) is 0 Å². The standard InChI is InChI=1S/C12H23NO3/c1-9(2)7-11(13)12(14)16-8-10-5-3-4-6-15-10/h9-11H,3-8,13H2,1-2H3. The Kier molecular flexibility index (Phi) is 5.77. The summed E-state index contributed by atoms with van der Waals surface area (Å²) in [6.07, 6.45) is 3.98. The molecule has 0 aromatic heterocycles. The van der Waals surface area contributed by atoms with Crippen molar-refractivity contribution in [3.8, 4) is 0 Å². The van der Waals surface area contributed by atoms with Crippen molar-refractivity contribution in [2.24, 2.45) is 11.7 Å². The predicted octanol–water partition coefficient (Wildman–Crippen LogP) is 1.47. The van der Waals surface area contributed by atoms with Crippen molar-refractivity contribution in [2.45, 2.75) is 51.7 Å². The third-order valence-electron chi connectivity index (χ3n) is 2.71. The Balaban J connectivity index is 2.17. The van der Waals surface area contributed by atoms with Crippen molar-refractivity contribution in [3.63, 3.8) is 0 Å². The maximum atomic E-state index is 11.5. The van der Waals surface area contributed by atoms with Gasteiger partial charge in [-0.05, 0) is 31.6 Å². The van der Waals surface area contributed by atoms with Crippen molar-refractivity contribution < 1.29 is 14.3 Å². The van der Waals surface area contributed by atoms with Gasteiger partial charge in [0.1, 0.15) is 12.6 Å². The normalized spacial score (nSPS) is 23.1. The molecule has 0 aliphatic carbocycles. The molecule has 2 N–H and O–H groups in total. The number of hydrogen-bond donors (Lipinski definition) is 1. The number of carbonyl (C=O) groups excluding carboxylic acids is 1. The van der Waals surface area contributed by atoms with Crippen LogP contribution >= 0.6 is 0 Å². The maximum absolute atomic E-state index is 11.5. The molecular weight excluding hydrogens is 206 g/mol. The van der Waals surface area contributed by atoms with E-state index in [1.54, 1.807) is 0 Å². The lowest BCUT2D eigenvalue weighted by Gasteiger charge is -2.23. The van der Waals surface area contributed by atoms with Crippen LogP contribution in [0, 0.1) is 5.92 Å². The first kappa shape index (κ1) is 13.5. The van der Waals surface area contributed by atoms with Gasteiger partial charge in [-0.2, -0.15) is 0 Å². The SMILES string of the molecule is CC(C)CC(N)C(=O)OCC1CCCCO1. The highest BCUT2D eigenvalue weighted by molar-refractivity contribution is 5.75. The summed E-state index contributed by atoms with van der Waals surface area (Å²) >= 11 is 0. The zero-order chi connectivity index (χ0) is 12.0. The summed E-state index contributed by atoms with van der Waals surface area (Å²) in [6, 6.07) is -0.497. The Bertz CT molecular complexity index is 212. The fraction of sp³-hybridized carbons (Fsp3) is 0.917. The lowest BCUT2D eigenvalue weighted by molar-refractivity contribution is -0.151. The van der Waals surface area contributed by atoms with Gasteiger partial charge in [0.2, 0.25) is 0 Å². The molecular formula is C12H23NO3. The second-order valence-corrected chi connectivity index (χ2v) is 4.85. The van der Waals surface area contributed by atoms with Gasteiger partial charge in [-0.3, -0.25) is 4.79 Å². The topological polar surface area (TPSA) is 61.6 Å². The summed E-state index contributed by atoms with van der Waals surface area (Å²) in [5, 5.41) is 0. The molecule has 4 heteroatoms. The minimum atomic E-state index is -0.497. The number of rotatable bonds is 5.